The van der Waals surface area contributed by atoms with Crippen LogP contribution in [-0.4, -0.2) is 43.8 Å². The van der Waals surface area contributed by atoms with Crippen molar-refractivity contribution in [3.8, 4) is 0 Å². The molecule has 0 spiro atoms. The van der Waals surface area contributed by atoms with Gasteiger partial charge in [0.05, 0.1) is 17.9 Å². The molecule has 6 nitrogen and oxygen atoms in total. The number of aliphatic carboxylic acids is 1. The second kappa shape index (κ2) is 6.58. The summed E-state index contributed by atoms with van der Waals surface area (Å²) < 4.78 is 7.86. The highest BCUT2D eigenvalue weighted by molar-refractivity contribution is 7.99. The Morgan fingerprint density at radius 2 is 2.35 bits per heavy atom. The lowest BCUT2D eigenvalue weighted by molar-refractivity contribution is -0.133. The minimum absolute atomic E-state index is 0.00182. The zero-order chi connectivity index (χ0) is 14.6. The topological polar surface area (TPSA) is 77.2 Å². The van der Waals surface area contributed by atoms with Crippen molar-refractivity contribution < 1.29 is 14.6 Å². The van der Waals surface area contributed by atoms with Crippen LogP contribution in [0.25, 0.3) is 0 Å². The second-order valence-corrected chi connectivity index (χ2v) is 6.26. The van der Waals surface area contributed by atoms with E-state index in [1.807, 2.05) is 4.57 Å². The summed E-state index contributed by atoms with van der Waals surface area (Å²) in [6.45, 7) is 5.68. The average Bonchev–Trinajstić information content (AvgIpc) is 2.96. The quantitative estimate of drug-likeness (QED) is 0.776. The molecule has 2 heterocycles. The number of nitrogens with zero attached hydrogens (tertiary/aromatic N) is 3. The number of hydrogen-bond donors (Lipinski definition) is 1. The number of aromatic nitrogens is 3. The predicted octanol–water partition coefficient (Wildman–Crippen LogP) is 1.98. The van der Waals surface area contributed by atoms with Gasteiger partial charge in [0.25, 0.3) is 0 Å². The van der Waals surface area contributed by atoms with Crippen LogP contribution in [0.5, 0.6) is 0 Å². The van der Waals surface area contributed by atoms with E-state index in [0.29, 0.717) is 11.7 Å². The van der Waals surface area contributed by atoms with E-state index < -0.39 is 5.97 Å². The fourth-order valence-electron chi connectivity index (χ4n) is 2.42. The van der Waals surface area contributed by atoms with Crippen LogP contribution in [0.2, 0.25) is 0 Å². The molecule has 0 radical (unpaired) electrons. The van der Waals surface area contributed by atoms with Gasteiger partial charge in [-0.25, -0.2) is 0 Å². The van der Waals surface area contributed by atoms with Crippen molar-refractivity contribution in [3.05, 3.63) is 5.82 Å². The van der Waals surface area contributed by atoms with E-state index in [1.165, 1.54) is 11.8 Å². The molecule has 1 aliphatic rings. The number of thioether (sulfide) groups is 1. The Kier molecular flexibility index (Phi) is 5.04. The summed E-state index contributed by atoms with van der Waals surface area (Å²) in [5.41, 5.74) is -0.191. The van der Waals surface area contributed by atoms with Gasteiger partial charge in [0.2, 0.25) is 0 Å². The Balaban J connectivity index is 2.17. The summed E-state index contributed by atoms with van der Waals surface area (Å²) in [5, 5.41) is 17.8. The van der Waals surface area contributed by atoms with Gasteiger partial charge < -0.3 is 14.4 Å². The van der Waals surface area contributed by atoms with Crippen LogP contribution in [0.3, 0.4) is 0 Å². The summed E-state index contributed by atoms with van der Waals surface area (Å²) >= 11 is 1.22. The zero-order valence-corrected chi connectivity index (χ0v) is 12.8. The van der Waals surface area contributed by atoms with E-state index in [9.17, 15) is 4.79 Å². The monoisotopic (exact) mass is 299 g/mol. The van der Waals surface area contributed by atoms with Crippen molar-refractivity contribution in [2.45, 2.75) is 56.8 Å². The Morgan fingerprint density at radius 1 is 1.55 bits per heavy atom. The van der Waals surface area contributed by atoms with Gasteiger partial charge in [0.15, 0.2) is 5.16 Å². The molecule has 0 saturated carbocycles. The lowest BCUT2D eigenvalue weighted by Gasteiger charge is -2.25. The van der Waals surface area contributed by atoms with E-state index in [4.69, 9.17) is 9.84 Å². The predicted molar refractivity (Wildman–Crippen MR) is 76.0 cm³/mol. The highest BCUT2D eigenvalue weighted by atomic mass is 32.2. The smallest absolute Gasteiger partial charge is 0.313 e. The maximum Gasteiger partial charge on any atom is 0.313 e. The molecule has 112 valence electrons. The second-order valence-electron chi connectivity index (χ2n) is 5.32. The molecule has 1 aliphatic heterocycles. The first-order valence-corrected chi connectivity index (χ1v) is 7.93. The third kappa shape index (κ3) is 3.73. The molecule has 1 saturated heterocycles. The molecule has 2 rings (SSSR count). The van der Waals surface area contributed by atoms with Crippen molar-refractivity contribution in [1.82, 2.24) is 14.8 Å². The molecule has 0 amide bonds. The maximum absolute atomic E-state index is 10.7. The van der Waals surface area contributed by atoms with Crippen LogP contribution in [0.4, 0.5) is 0 Å². The van der Waals surface area contributed by atoms with Crippen LogP contribution in [0, 0.1) is 0 Å². The van der Waals surface area contributed by atoms with E-state index in [0.717, 1.165) is 38.1 Å². The van der Waals surface area contributed by atoms with Crippen molar-refractivity contribution in [2.75, 3.05) is 12.4 Å². The molecule has 20 heavy (non-hydrogen) atoms. The fraction of sp³-hybridized carbons (Fsp3) is 0.769. The molecule has 7 heteroatoms. The molecule has 1 aromatic heterocycles. The first-order valence-electron chi connectivity index (χ1n) is 6.95. The molecular weight excluding hydrogens is 278 g/mol. The molecule has 1 atom stereocenters. The van der Waals surface area contributed by atoms with Crippen LogP contribution >= 0.6 is 11.8 Å². The number of aryl methyl sites for hydroxylation is 1. The normalized spacial score (nSPS) is 22.3. The van der Waals surface area contributed by atoms with Crippen molar-refractivity contribution >= 4 is 17.7 Å². The van der Waals surface area contributed by atoms with E-state index in [-0.39, 0.29) is 11.4 Å². The number of rotatable bonds is 7. The largest absolute Gasteiger partial charge is 0.481 e. The summed E-state index contributed by atoms with van der Waals surface area (Å²) in [6, 6.07) is 0. The summed E-state index contributed by atoms with van der Waals surface area (Å²) in [4.78, 5) is 10.7. The molecule has 0 bridgehead atoms. The Hall–Kier alpha value is -1.08. The number of hydrogen-bond acceptors (Lipinski definition) is 5. The van der Waals surface area contributed by atoms with Crippen LogP contribution in [-0.2, 0) is 22.5 Å². The van der Waals surface area contributed by atoms with Gasteiger partial charge >= 0.3 is 5.97 Å². The standard InChI is InChI=1S/C13H21N3O3S/c1-3-5-10-14-15-12(20-8-11(17)18)16(10)9-13(2)6-4-7-19-13/h3-9H2,1-2H3,(H,17,18). The van der Waals surface area contributed by atoms with E-state index in [2.05, 4.69) is 24.0 Å². The first kappa shape index (κ1) is 15.3. The third-order valence-electron chi connectivity index (χ3n) is 3.38. The zero-order valence-electron chi connectivity index (χ0n) is 12.0. The molecule has 0 aliphatic carbocycles. The molecule has 1 unspecified atom stereocenters. The van der Waals surface area contributed by atoms with Gasteiger partial charge in [-0.3, -0.25) is 4.79 Å². The maximum atomic E-state index is 10.7. The average molecular weight is 299 g/mol. The van der Waals surface area contributed by atoms with Gasteiger partial charge in [-0.2, -0.15) is 0 Å². The van der Waals surface area contributed by atoms with Gasteiger partial charge in [0, 0.05) is 13.0 Å². The van der Waals surface area contributed by atoms with Gasteiger partial charge in [0.1, 0.15) is 5.82 Å². The van der Waals surface area contributed by atoms with Crippen LogP contribution in [0.1, 0.15) is 38.9 Å². The highest BCUT2D eigenvalue weighted by Gasteiger charge is 2.32. The minimum atomic E-state index is -0.843. The summed E-state index contributed by atoms with van der Waals surface area (Å²) in [7, 11) is 0. The van der Waals surface area contributed by atoms with Crippen molar-refractivity contribution in [2.24, 2.45) is 0 Å². The number of carboxylic acid groups (broad SMARTS) is 1. The number of carboxylic acids is 1. The van der Waals surface area contributed by atoms with Crippen molar-refractivity contribution in [1.29, 1.82) is 0 Å². The fourth-order valence-corrected chi connectivity index (χ4v) is 3.09. The van der Waals surface area contributed by atoms with Crippen LogP contribution in [0.15, 0.2) is 5.16 Å². The number of ether oxygens (including phenoxy) is 1. The molecule has 1 fully saturated rings. The number of carbonyl (C=O) groups is 1. The Labute approximate surface area is 122 Å². The molecule has 0 aromatic carbocycles. The first-order chi connectivity index (χ1) is 9.54. The van der Waals surface area contributed by atoms with Crippen molar-refractivity contribution in [3.63, 3.8) is 0 Å². The Bertz CT molecular complexity index is 469. The van der Waals surface area contributed by atoms with Gasteiger partial charge in [-0.05, 0) is 26.2 Å². The van der Waals surface area contributed by atoms with E-state index in [1.54, 1.807) is 0 Å². The van der Waals surface area contributed by atoms with E-state index >= 15 is 0 Å². The van der Waals surface area contributed by atoms with Gasteiger partial charge in [-0.1, -0.05) is 18.7 Å². The molecular formula is C13H21N3O3S. The van der Waals surface area contributed by atoms with Crippen LogP contribution < -0.4 is 0 Å². The lowest BCUT2D eigenvalue weighted by atomic mass is 10.0. The third-order valence-corrected chi connectivity index (χ3v) is 4.34. The molecule has 1 N–H and O–H groups in total. The van der Waals surface area contributed by atoms with Gasteiger partial charge in [-0.15, -0.1) is 10.2 Å². The summed E-state index contributed by atoms with van der Waals surface area (Å²) in [5.74, 6) is 0.0731. The minimum Gasteiger partial charge on any atom is -0.481 e. The lowest BCUT2D eigenvalue weighted by Crippen LogP contribution is -2.30. The molecule has 1 aromatic rings. The SMILES string of the molecule is CCCc1nnc(SCC(=O)O)n1CC1(C)CCCO1. The Morgan fingerprint density at radius 3 is 2.95 bits per heavy atom. The highest BCUT2D eigenvalue weighted by Crippen LogP contribution is 2.29. The summed E-state index contributed by atoms with van der Waals surface area (Å²) in [6.07, 6.45) is 3.91.